The van der Waals surface area contributed by atoms with Crippen LogP contribution in [0.1, 0.15) is 28.4 Å². The van der Waals surface area contributed by atoms with Crippen molar-refractivity contribution in [2.24, 2.45) is 5.73 Å². The topological polar surface area (TPSA) is 92.8 Å². The number of carbonyl (C=O) groups is 1. The first kappa shape index (κ1) is 12.0. The molecule has 92 valence electrons. The Balaban J connectivity index is 2.22. The molecule has 1 aromatic rings. The average molecular weight is 237 g/mol. The molecule has 3 unspecified atom stereocenters. The molecule has 4 N–H and O–H groups in total. The van der Waals surface area contributed by atoms with E-state index in [1.165, 1.54) is 0 Å². The number of benzene rings is 1. The van der Waals surface area contributed by atoms with Crippen molar-refractivity contribution >= 4 is 5.91 Å². The van der Waals surface area contributed by atoms with Crippen LogP contribution in [-0.4, -0.2) is 34.9 Å². The Morgan fingerprint density at radius 2 is 2.29 bits per heavy atom. The van der Waals surface area contributed by atoms with Crippen molar-refractivity contribution < 1.29 is 19.7 Å². The molecule has 0 aromatic heterocycles. The maximum absolute atomic E-state index is 11.0. The second-order valence-electron chi connectivity index (χ2n) is 4.15. The lowest BCUT2D eigenvalue weighted by atomic mass is 10.0. The predicted molar refractivity (Wildman–Crippen MR) is 60.3 cm³/mol. The molecular weight excluding hydrogens is 222 g/mol. The van der Waals surface area contributed by atoms with Gasteiger partial charge in [0.2, 0.25) is 5.91 Å². The minimum Gasteiger partial charge on any atom is -0.394 e. The van der Waals surface area contributed by atoms with E-state index in [0.29, 0.717) is 17.5 Å². The van der Waals surface area contributed by atoms with Gasteiger partial charge >= 0.3 is 0 Å². The first-order valence-corrected chi connectivity index (χ1v) is 5.46. The predicted octanol–water partition coefficient (Wildman–Crippen LogP) is -0.0313. The molecular formula is C12H15NO4. The van der Waals surface area contributed by atoms with Crippen molar-refractivity contribution in [2.75, 3.05) is 6.61 Å². The fourth-order valence-electron chi connectivity index (χ4n) is 2.03. The molecule has 1 amide bonds. The lowest BCUT2D eigenvalue weighted by Crippen LogP contribution is -2.15. The van der Waals surface area contributed by atoms with Gasteiger partial charge in [-0.2, -0.15) is 0 Å². The number of ether oxygens (including phenoxy) is 1. The van der Waals surface area contributed by atoms with Gasteiger partial charge in [0.05, 0.1) is 18.8 Å². The first-order chi connectivity index (χ1) is 8.11. The maximum atomic E-state index is 11.0. The van der Waals surface area contributed by atoms with Crippen LogP contribution in [0.2, 0.25) is 0 Å². The lowest BCUT2D eigenvalue weighted by Gasteiger charge is -2.15. The Labute approximate surface area is 98.8 Å². The van der Waals surface area contributed by atoms with Crippen LogP contribution >= 0.6 is 0 Å². The van der Waals surface area contributed by atoms with E-state index in [2.05, 4.69) is 0 Å². The fourth-order valence-corrected chi connectivity index (χ4v) is 2.03. The van der Waals surface area contributed by atoms with Gasteiger partial charge < -0.3 is 20.7 Å². The van der Waals surface area contributed by atoms with Crippen LogP contribution in [0.25, 0.3) is 0 Å². The van der Waals surface area contributed by atoms with E-state index in [-0.39, 0.29) is 12.7 Å². The third-order valence-electron chi connectivity index (χ3n) is 2.90. The summed E-state index contributed by atoms with van der Waals surface area (Å²) in [6.07, 6.45) is -1.14. The van der Waals surface area contributed by atoms with Crippen LogP contribution in [-0.2, 0) is 4.74 Å². The molecule has 17 heavy (non-hydrogen) atoms. The summed E-state index contributed by atoms with van der Waals surface area (Å²) in [5, 5.41) is 18.8. The van der Waals surface area contributed by atoms with Gasteiger partial charge in [0.1, 0.15) is 6.10 Å². The zero-order chi connectivity index (χ0) is 12.4. The summed E-state index contributed by atoms with van der Waals surface area (Å²) in [7, 11) is 0. The summed E-state index contributed by atoms with van der Waals surface area (Å²) < 4.78 is 5.49. The van der Waals surface area contributed by atoms with E-state index >= 15 is 0 Å². The van der Waals surface area contributed by atoms with Gasteiger partial charge in [0.25, 0.3) is 0 Å². The molecule has 1 aliphatic heterocycles. The highest BCUT2D eigenvalue weighted by Crippen LogP contribution is 2.33. The highest BCUT2D eigenvalue weighted by atomic mass is 16.5. The molecule has 0 spiro atoms. The lowest BCUT2D eigenvalue weighted by molar-refractivity contribution is -0.0108. The molecule has 5 heteroatoms. The highest BCUT2D eigenvalue weighted by Gasteiger charge is 2.34. The molecule has 0 bridgehead atoms. The molecule has 3 atom stereocenters. The molecule has 0 aliphatic carbocycles. The van der Waals surface area contributed by atoms with Crippen molar-refractivity contribution in [3.05, 3.63) is 35.4 Å². The van der Waals surface area contributed by atoms with Crippen LogP contribution in [0.3, 0.4) is 0 Å². The second-order valence-corrected chi connectivity index (χ2v) is 4.15. The third kappa shape index (κ3) is 2.46. The first-order valence-electron chi connectivity index (χ1n) is 5.46. The van der Waals surface area contributed by atoms with Gasteiger partial charge in [-0.1, -0.05) is 12.1 Å². The van der Waals surface area contributed by atoms with E-state index in [9.17, 15) is 9.90 Å². The normalized spacial score (nSPS) is 28.2. The summed E-state index contributed by atoms with van der Waals surface area (Å²) in [4.78, 5) is 11.0. The van der Waals surface area contributed by atoms with Crippen molar-refractivity contribution in [2.45, 2.75) is 24.7 Å². The SMILES string of the molecule is NC(=O)c1cccc(C2OC(CO)CC2O)c1. The number of amides is 1. The number of hydrogen-bond acceptors (Lipinski definition) is 4. The minimum absolute atomic E-state index is 0.122. The van der Waals surface area contributed by atoms with Crippen LogP contribution in [0, 0.1) is 0 Å². The molecule has 1 saturated heterocycles. The van der Waals surface area contributed by atoms with Crippen LogP contribution in [0.5, 0.6) is 0 Å². The molecule has 0 radical (unpaired) electrons. The Kier molecular flexibility index (Phi) is 3.42. The molecule has 2 rings (SSSR count). The number of carbonyl (C=O) groups excluding carboxylic acids is 1. The standard InChI is InChI=1S/C12H15NO4/c13-12(16)8-3-1-2-7(4-8)11-10(15)5-9(6-14)17-11/h1-4,9-11,14-15H,5-6H2,(H2,13,16). The largest absolute Gasteiger partial charge is 0.394 e. The summed E-state index contributed by atoms with van der Waals surface area (Å²) >= 11 is 0. The van der Waals surface area contributed by atoms with Crippen LogP contribution in [0.15, 0.2) is 24.3 Å². The van der Waals surface area contributed by atoms with E-state index in [0.717, 1.165) is 0 Å². The van der Waals surface area contributed by atoms with Gasteiger partial charge in [-0.25, -0.2) is 0 Å². The van der Waals surface area contributed by atoms with E-state index in [1.807, 2.05) is 0 Å². The molecule has 5 nitrogen and oxygen atoms in total. The highest BCUT2D eigenvalue weighted by molar-refractivity contribution is 5.92. The summed E-state index contributed by atoms with van der Waals surface area (Å²) in [5.41, 5.74) is 6.27. The van der Waals surface area contributed by atoms with Crippen molar-refractivity contribution in [1.82, 2.24) is 0 Å². The fraction of sp³-hybridized carbons (Fsp3) is 0.417. The van der Waals surface area contributed by atoms with Crippen molar-refractivity contribution in [3.63, 3.8) is 0 Å². The van der Waals surface area contributed by atoms with Crippen LogP contribution < -0.4 is 5.73 Å². The van der Waals surface area contributed by atoms with Crippen molar-refractivity contribution in [3.8, 4) is 0 Å². The smallest absolute Gasteiger partial charge is 0.248 e. The number of aliphatic hydroxyl groups excluding tert-OH is 2. The molecule has 1 aliphatic rings. The molecule has 1 fully saturated rings. The zero-order valence-corrected chi connectivity index (χ0v) is 9.24. The van der Waals surface area contributed by atoms with E-state index in [1.54, 1.807) is 24.3 Å². The number of hydrogen-bond donors (Lipinski definition) is 3. The van der Waals surface area contributed by atoms with Gasteiger partial charge in [-0.05, 0) is 17.7 Å². The second kappa shape index (κ2) is 4.83. The Morgan fingerprint density at radius 1 is 1.53 bits per heavy atom. The quantitative estimate of drug-likeness (QED) is 0.688. The third-order valence-corrected chi connectivity index (χ3v) is 2.90. The summed E-state index contributed by atoms with van der Waals surface area (Å²) in [6, 6.07) is 6.67. The Bertz CT molecular complexity index is 421. The zero-order valence-electron chi connectivity index (χ0n) is 9.24. The van der Waals surface area contributed by atoms with Gasteiger partial charge in [-0.15, -0.1) is 0 Å². The number of aliphatic hydroxyl groups is 2. The van der Waals surface area contributed by atoms with Gasteiger partial charge in [-0.3, -0.25) is 4.79 Å². The molecule has 1 aromatic carbocycles. The van der Waals surface area contributed by atoms with E-state index < -0.39 is 18.1 Å². The molecule has 1 heterocycles. The van der Waals surface area contributed by atoms with E-state index in [4.69, 9.17) is 15.6 Å². The Hall–Kier alpha value is -1.43. The minimum atomic E-state index is -0.671. The number of nitrogens with two attached hydrogens (primary N) is 1. The monoisotopic (exact) mass is 237 g/mol. The maximum Gasteiger partial charge on any atom is 0.248 e. The summed E-state index contributed by atoms with van der Waals surface area (Å²) in [5.74, 6) is -0.516. The van der Waals surface area contributed by atoms with Crippen LogP contribution in [0.4, 0.5) is 0 Å². The Morgan fingerprint density at radius 3 is 2.88 bits per heavy atom. The average Bonchev–Trinajstić information content (AvgIpc) is 2.71. The van der Waals surface area contributed by atoms with Gasteiger partial charge in [0.15, 0.2) is 0 Å². The van der Waals surface area contributed by atoms with Crippen molar-refractivity contribution in [1.29, 1.82) is 0 Å². The summed E-state index contributed by atoms with van der Waals surface area (Å²) in [6.45, 7) is -0.122. The molecule has 0 saturated carbocycles. The number of primary amides is 1. The van der Waals surface area contributed by atoms with Gasteiger partial charge in [0, 0.05) is 12.0 Å². The number of rotatable bonds is 3.